The number of carbonyl (C=O) groups is 1. The molecule has 1 rings (SSSR count). The van der Waals surface area contributed by atoms with Crippen LogP contribution in [0, 0.1) is 17.5 Å². The smallest absolute Gasteiger partial charge is 0.231 e. The fourth-order valence-corrected chi connectivity index (χ4v) is 1.13. The Hall–Kier alpha value is -1.63. The molecule has 0 saturated carbocycles. The molecule has 0 aliphatic rings. The lowest BCUT2D eigenvalue weighted by Gasteiger charge is -2.06. The highest BCUT2D eigenvalue weighted by atomic mass is 32.1. The van der Waals surface area contributed by atoms with Gasteiger partial charge in [0.05, 0.1) is 17.1 Å². The summed E-state index contributed by atoms with van der Waals surface area (Å²) in [4.78, 5) is 11.0. The zero-order valence-electron chi connectivity index (χ0n) is 7.89. The van der Waals surface area contributed by atoms with Crippen LogP contribution in [0.3, 0.4) is 0 Å². The van der Waals surface area contributed by atoms with E-state index in [1.807, 2.05) is 5.32 Å². The van der Waals surface area contributed by atoms with E-state index < -0.39 is 29.0 Å². The van der Waals surface area contributed by atoms with Gasteiger partial charge in [-0.3, -0.25) is 4.79 Å². The largest absolute Gasteiger partial charge is 0.393 e. The van der Waals surface area contributed by atoms with Crippen molar-refractivity contribution in [2.24, 2.45) is 5.73 Å². The van der Waals surface area contributed by atoms with Gasteiger partial charge in [-0.2, -0.15) is 0 Å². The lowest BCUT2D eigenvalue weighted by molar-refractivity contribution is -0.115. The predicted octanol–water partition coefficient (Wildman–Crippen LogP) is 1.72. The minimum absolute atomic E-state index is 0.102. The van der Waals surface area contributed by atoms with Crippen LogP contribution in [0.15, 0.2) is 12.1 Å². The lowest BCUT2D eigenvalue weighted by Crippen LogP contribution is -2.20. The molecular weight excluding hydrogens is 241 g/mol. The third kappa shape index (κ3) is 3.20. The second-order valence-electron chi connectivity index (χ2n) is 2.94. The molecule has 0 saturated heterocycles. The molecule has 0 bridgehead atoms. The Balaban J connectivity index is 2.89. The van der Waals surface area contributed by atoms with Crippen molar-refractivity contribution in [1.82, 2.24) is 0 Å². The molecule has 0 atom stereocenters. The Bertz CT molecular complexity index is 451. The Kier molecular flexibility index (Phi) is 3.83. The highest BCUT2D eigenvalue weighted by Gasteiger charge is 2.13. The van der Waals surface area contributed by atoms with E-state index in [1.165, 1.54) is 0 Å². The van der Waals surface area contributed by atoms with E-state index in [1.54, 1.807) is 0 Å². The molecule has 16 heavy (non-hydrogen) atoms. The summed E-state index contributed by atoms with van der Waals surface area (Å²) in [6, 6.07) is 1.04. The number of benzene rings is 1. The number of carbonyl (C=O) groups excluding carboxylic acids is 1. The summed E-state index contributed by atoms with van der Waals surface area (Å²) in [7, 11) is 0. The predicted molar refractivity (Wildman–Crippen MR) is 56.3 cm³/mol. The van der Waals surface area contributed by atoms with Gasteiger partial charge in [-0.05, 0) is 0 Å². The van der Waals surface area contributed by atoms with Gasteiger partial charge in [-0.25, -0.2) is 13.2 Å². The van der Waals surface area contributed by atoms with Gasteiger partial charge in [-0.1, -0.05) is 12.2 Å². The quantitative estimate of drug-likeness (QED) is 0.632. The van der Waals surface area contributed by atoms with Gasteiger partial charge < -0.3 is 11.1 Å². The third-order valence-electron chi connectivity index (χ3n) is 1.60. The monoisotopic (exact) mass is 248 g/mol. The average Bonchev–Trinajstić information content (AvgIpc) is 2.11. The highest BCUT2D eigenvalue weighted by Crippen LogP contribution is 2.19. The van der Waals surface area contributed by atoms with Crippen molar-refractivity contribution < 1.29 is 18.0 Å². The average molecular weight is 248 g/mol. The molecule has 0 unspecified atom stereocenters. The molecule has 0 heterocycles. The van der Waals surface area contributed by atoms with Gasteiger partial charge in [0.25, 0.3) is 0 Å². The first-order chi connectivity index (χ1) is 7.40. The van der Waals surface area contributed by atoms with Crippen molar-refractivity contribution in [3.63, 3.8) is 0 Å². The fourth-order valence-electron chi connectivity index (χ4n) is 1.000. The Morgan fingerprint density at radius 3 is 2.56 bits per heavy atom. The number of amides is 1. The molecule has 7 heteroatoms. The summed E-state index contributed by atoms with van der Waals surface area (Å²) in [6.07, 6.45) is -0.326. The zero-order valence-corrected chi connectivity index (χ0v) is 8.71. The van der Waals surface area contributed by atoms with E-state index in [9.17, 15) is 18.0 Å². The van der Waals surface area contributed by atoms with Crippen LogP contribution in [0.1, 0.15) is 6.42 Å². The van der Waals surface area contributed by atoms with E-state index in [0.29, 0.717) is 12.1 Å². The molecule has 0 aliphatic carbocycles. The van der Waals surface area contributed by atoms with Crippen molar-refractivity contribution >= 4 is 28.8 Å². The maximum atomic E-state index is 13.1. The summed E-state index contributed by atoms with van der Waals surface area (Å²) in [5.41, 5.74) is 4.49. The molecule has 1 aromatic rings. The fraction of sp³-hybridized carbons (Fsp3) is 0.111. The maximum Gasteiger partial charge on any atom is 0.231 e. The number of hydrogen-bond acceptors (Lipinski definition) is 2. The molecule has 1 amide bonds. The van der Waals surface area contributed by atoms with Crippen LogP contribution < -0.4 is 11.1 Å². The number of nitrogens with one attached hydrogen (secondary N) is 1. The summed E-state index contributed by atoms with van der Waals surface area (Å²) in [5.74, 6) is -4.45. The minimum atomic E-state index is -1.38. The summed E-state index contributed by atoms with van der Waals surface area (Å²) in [6.45, 7) is 0. The number of rotatable bonds is 3. The molecule has 3 N–H and O–H groups in total. The molecule has 0 aromatic heterocycles. The highest BCUT2D eigenvalue weighted by molar-refractivity contribution is 7.80. The van der Waals surface area contributed by atoms with Crippen LogP contribution in [0.2, 0.25) is 0 Å². The summed E-state index contributed by atoms with van der Waals surface area (Å²) < 4.78 is 38.5. The first-order valence-corrected chi connectivity index (χ1v) is 4.53. The third-order valence-corrected chi connectivity index (χ3v) is 1.75. The maximum absolute atomic E-state index is 13.1. The first kappa shape index (κ1) is 12.4. The van der Waals surface area contributed by atoms with E-state index in [4.69, 9.17) is 5.73 Å². The van der Waals surface area contributed by atoms with Crippen LogP contribution in [0.5, 0.6) is 0 Å². The van der Waals surface area contributed by atoms with Crippen molar-refractivity contribution in [2.75, 3.05) is 5.32 Å². The molecule has 86 valence electrons. The van der Waals surface area contributed by atoms with Crippen molar-refractivity contribution in [1.29, 1.82) is 0 Å². The van der Waals surface area contributed by atoms with Crippen LogP contribution in [0.4, 0.5) is 18.9 Å². The van der Waals surface area contributed by atoms with Crippen LogP contribution in [-0.4, -0.2) is 10.9 Å². The number of hydrogen-bond donors (Lipinski definition) is 2. The SMILES string of the molecule is NC(=S)CC(=O)Nc1cc(F)cc(F)c1F. The molecule has 0 radical (unpaired) electrons. The molecule has 0 spiro atoms. The first-order valence-electron chi connectivity index (χ1n) is 4.13. The lowest BCUT2D eigenvalue weighted by atomic mass is 10.2. The molecule has 1 aromatic carbocycles. The van der Waals surface area contributed by atoms with E-state index in [-0.39, 0.29) is 11.4 Å². The van der Waals surface area contributed by atoms with Gasteiger partial charge in [0, 0.05) is 12.1 Å². The van der Waals surface area contributed by atoms with Crippen molar-refractivity contribution in [3.8, 4) is 0 Å². The summed E-state index contributed by atoms with van der Waals surface area (Å²) in [5, 5.41) is 1.96. The van der Waals surface area contributed by atoms with Gasteiger partial charge in [0.15, 0.2) is 11.6 Å². The van der Waals surface area contributed by atoms with Crippen LogP contribution >= 0.6 is 12.2 Å². The number of nitrogens with two attached hydrogens (primary N) is 1. The van der Waals surface area contributed by atoms with Gasteiger partial charge >= 0.3 is 0 Å². The second kappa shape index (κ2) is 4.93. The van der Waals surface area contributed by atoms with Crippen molar-refractivity contribution in [3.05, 3.63) is 29.6 Å². The second-order valence-corrected chi connectivity index (χ2v) is 3.46. The van der Waals surface area contributed by atoms with Crippen LogP contribution in [0.25, 0.3) is 0 Å². The van der Waals surface area contributed by atoms with Gasteiger partial charge in [0.1, 0.15) is 5.82 Å². The number of thiocarbonyl (C=S) groups is 1. The molecule has 0 fully saturated rings. The summed E-state index contributed by atoms with van der Waals surface area (Å²) >= 11 is 4.45. The topological polar surface area (TPSA) is 55.1 Å². The Labute approximate surface area is 94.4 Å². The van der Waals surface area contributed by atoms with Gasteiger partial charge in [-0.15, -0.1) is 0 Å². The zero-order chi connectivity index (χ0) is 12.3. The number of anilines is 1. The Morgan fingerprint density at radius 2 is 2.00 bits per heavy atom. The van der Waals surface area contributed by atoms with E-state index in [2.05, 4.69) is 12.2 Å². The molecule has 0 aliphatic heterocycles. The Morgan fingerprint density at radius 1 is 1.38 bits per heavy atom. The standard InChI is InChI=1S/C9H7F3N2OS/c10-4-1-5(11)9(12)6(2-4)14-8(15)3-7(13)16/h1-2H,3H2,(H2,13,16)(H,14,15). The molecule has 3 nitrogen and oxygen atoms in total. The minimum Gasteiger partial charge on any atom is -0.393 e. The van der Waals surface area contributed by atoms with Gasteiger partial charge in [0.2, 0.25) is 5.91 Å². The normalized spacial score (nSPS) is 9.94. The number of halogens is 3. The molecular formula is C9H7F3N2OS. The van der Waals surface area contributed by atoms with Crippen LogP contribution in [-0.2, 0) is 4.79 Å². The van der Waals surface area contributed by atoms with E-state index in [0.717, 1.165) is 0 Å². The van der Waals surface area contributed by atoms with Crippen molar-refractivity contribution in [2.45, 2.75) is 6.42 Å². The van der Waals surface area contributed by atoms with E-state index >= 15 is 0 Å².